The minimum absolute atomic E-state index is 0.572. The highest BCUT2D eigenvalue weighted by Gasteiger charge is 2.12. The van der Waals surface area contributed by atoms with Crippen LogP contribution in [-0.2, 0) is 6.54 Å². The second-order valence-electron chi connectivity index (χ2n) is 5.50. The Morgan fingerprint density at radius 3 is 2.81 bits per heavy atom. The van der Waals surface area contributed by atoms with Crippen molar-refractivity contribution in [1.82, 2.24) is 10.3 Å². The number of rotatable bonds is 7. The number of aromatic nitrogens is 1. The van der Waals surface area contributed by atoms with Gasteiger partial charge in [-0.25, -0.2) is 9.37 Å². The van der Waals surface area contributed by atoms with Gasteiger partial charge in [0.2, 0.25) is 0 Å². The zero-order valence-corrected chi connectivity index (χ0v) is 12.2. The van der Waals surface area contributed by atoms with Crippen LogP contribution >= 0.6 is 0 Å². The number of anilines is 1. The minimum atomic E-state index is -0.630. The van der Waals surface area contributed by atoms with Gasteiger partial charge in [-0.05, 0) is 36.9 Å². The molecule has 0 saturated heterocycles. The number of nitrogens with zero attached hydrogens (tertiary/aromatic N) is 1. The van der Waals surface area contributed by atoms with Crippen molar-refractivity contribution in [2.75, 3.05) is 11.9 Å². The van der Waals surface area contributed by atoms with Crippen molar-refractivity contribution in [2.45, 2.75) is 38.6 Å². The number of halogens is 1. The van der Waals surface area contributed by atoms with Crippen molar-refractivity contribution < 1.29 is 4.39 Å². The van der Waals surface area contributed by atoms with Crippen LogP contribution in [0.5, 0.6) is 0 Å². The van der Waals surface area contributed by atoms with Crippen molar-refractivity contribution in [1.29, 1.82) is 5.41 Å². The van der Waals surface area contributed by atoms with Crippen LogP contribution in [0.2, 0.25) is 0 Å². The second kappa shape index (κ2) is 8.52. The Morgan fingerprint density at radius 2 is 2.14 bits per heavy atom. The van der Waals surface area contributed by atoms with Crippen LogP contribution in [0.3, 0.4) is 0 Å². The molecule has 4 nitrogen and oxygen atoms in total. The third-order valence-electron chi connectivity index (χ3n) is 3.81. The molecule has 114 valence electrons. The lowest BCUT2D eigenvalue weighted by molar-refractivity contribution is 0.342. The van der Waals surface area contributed by atoms with Crippen LogP contribution < -0.4 is 10.6 Å². The largest absolute Gasteiger partial charge is 0.344 e. The molecule has 0 spiro atoms. The summed E-state index contributed by atoms with van der Waals surface area (Å²) in [5.74, 6) is 0.764. The summed E-state index contributed by atoms with van der Waals surface area (Å²) in [5, 5.41) is 12.9. The Labute approximate surface area is 125 Å². The first-order chi connectivity index (χ1) is 10.3. The Hall–Kier alpha value is -1.75. The second-order valence-corrected chi connectivity index (χ2v) is 5.50. The lowest BCUT2D eigenvalue weighted by Gasteiger charge is -2.21. The van der Waals surface area contributed by atoms with Gasteiger partial charge in [-0.15, -0.1) is 0 Å². The van der Waals surface area contributed by atoms with Gasteiger partial charge in [0.05, 0.1) is 6.21 Å². The van der Waals surface area contributed by atoms with E-state index in [0.717, 1.165) is 30.8 Å². The molecule has 1 aliphatic carbocycles. The Kier molecular flexibility index (Phi) is 6.34. The summed E-state index contributed by atoms with van der Waals surface area (Å²) < 4.78 is 12.8. The van der Waals surface area contributed by atoms with Crippen molar-refractivity contribution in [2.24, 2.45) is 5.92 Å². The molecule has 0 amide bonds. The maximum Gasteiger partial charge on any atom is 0.156 e. The van der Waals surface area contributed by atoms with Gasteiger partial charge < -0.3 is 16.0 Å². The van der Waals surface area contributed by atoms with Crippen LogP contribution in [0.25, 0.3) is 0 Å². The maximum absolute atomic E-state index is 12.8. The van der Waals surface area contributed by atoms with Gasteiger partial charge >= 0.3 is 0 Å². The molecule has 2 rings (SSSR count). The van der Waals surface area contributed by atoms with E-state index in [9.17, 15) is 4.39 Å². The molecule has 3 N–H and O–H groups in total. The molecule has 1 fully saturated rings. The van der Waals surface area contributed by atoms with E-state index in [4.69, 9.17) is 5.41 Å². The first-order valence-corrected chi connectivity index (χ1v) is 7.56. The third-order valence-corrected chi connectivity index (χ3v) is 3.81. The standard InChI is InChI=1S/C16H23FN4/c17-15(8-18)12-21-16-7-6-14(11-20-16)10-19-9-13-4-2-1-3-5-13/h6-8,11-13,18-19H,1-5,9-10H2,(H,20,21)/b15-12+,18-8?. The molecule has 0 atom stereocenters. The SMILES string of the molecule is N=C/C(F)=C\Nc1ccc(CNCC2CCCCC2)cn1. The van der Waals surface area contributed by atoms with Gasteiger partial charge in [-0.2, -0.15) is 0 Å². The molecule has 0 bridgehead atoms. The summed E-state index contributed by atoms with van der Waals surface area (Å²) in [6, 6.07) is 3.78. The zero-order chi connectivity index (χ0) is 14.9. The molecule has 21 heavy (non-hydrogen) atoms. The molecule has 0 aliphatic heterocycles. The molecule has 0 radical (unpaired) electrons. The van der Waals surface area contributed by atoms with E-state index in [1.165, 1.54) is 32.1 Å². The topological polar surface area (TPSA) is 60.8 Å². The predicted octanol–water partition coefficient (Wildman–Crippen LogP) is 3.62. The third kappa shape index (κ3) is 5.63. The minimum Gasteiger partial charge on any atom is -0.344 e. The van der Waals surface area contributed by atoms with E-state index in [-0.39, 0.29) is 0 Å². The van der Waals surface area contributed by atoms with Gasteiger partial charge in [0.1, 0.15) is 5.82 Å². The van der Waals surface area contributed by atoms with Gasteiger partial charge in [0, 0.05) is 18.9 Å². The fraction of sp³-hybridized carbons (Fsp3) is 0.500. The number of nitrogens with one attached hydrogen (secondary N) is 3. The van der Waals surface area contributed by atoms with Crippen molar-refractivity contribution >= 4 is 12.0 Å². The summed E-state index contributed by atoms with van der Waals surface area (Å²) in [4.78, 5) is 4.21. The highest BCUT2D eigenvalue weighted by atomic mass is 19.1. The molecule has 1 saturated carbocycles. The Balaban J connectivity index is 1.73. The average Bonchev–Trinajstić information content (AvgIpc) is 2.55. The molecule has 0 unspecified atom stereocenters. The Morgan fingerprint density at radius 1 is 1.33 bits per heavy atom. The predicted molar refractivity (Wildman–Crippen MR) is 84.1 cm³/mol. The van der Waals surface area contributed by atoms with Crippen LogP contribution in [0.1, 0.15) is 37.7 Å². The van der Waals surface area contributed by atoms with E-state index in [1.54, 1.807) is 6.20 Å². The number of pyridine rings is 1. The van der Waals surface area contributed by atoms with Gasteiger partial charge in [0.15, 0.2) is 5.83 Å². The molecule has 5 heteroatoms. The van der Waals surface area contributed by atoms with E-state index in [1.807, 2.05) is 12.1 Å². The summed E-state index contributed by atoms with van der Waals surface area (Å²) in [6.45, 7) is 1.89. The summed E-state index contributed by atoms with van der Waals surface area (Å²) >= 11 is 0. The van der Waals surface area contributed by atoms with E-state index in [0.29, 0.717) is 12.0 Å². The fourth-order valence-electron chi connectivity index (χ4n) is 2.61. The summed E-state index contributed by atoms with van der Waals surface area (Å²) in [6.07, 6.45) is 10.4. The lowest BCUT2D eigenvalue weighted by atomic mass is 9.89. The highest BCUT2D eigenvalue weighted by Crippen LogP contribution is 2.22. The first-order valence-electron chi connectivity index (χ1n) is 7.56. The number of hydrogen-bond donors (Lipinski definition) is 3. The first kappa shape index (κ1) is 15.6. The smallest absolute Gasteiger partial charge is 0.156 e. The summed E-state index contributed by atoms with van der Waals surface area (Å²) in [7, 11) is 0. The van der Waals surface area contributed by atoms with Crippen LogP contribution in [0.4, 0.5) is 10.2 Å². The maximum atomic E-state index is 12.8. The highest BCUT2D eigenvalue weighted by molar-refractivity contribution is 5.73. The molecule has 1 aliphatic rings. The van der Waals surface area contributed by atoms with Gasteiger partial charge in [-0.3, -0.25) is 0 Å². The average molecular weight is 290 g/mol. The van der Waals surface area contributed by atoms with Crippen molar-refractivity contribution in [3.63, 3.8) is 0 Å². The van der Waals surface area contributed by atoms with Crippen LogP contribution in [-0.4, -0.2) is 17.7 Å². The lowest BCUT2D eigenvalue weighted by Crippen LogP contribution is -2.24. The van der Waals surface area contributed by atoms with Crippen LogP contribution in [0.15, 0.2) is 30.4 Å². The van der Waals surface area contributed by atoms with Gasteiger partial charge in [0.25, 0.3) is 0 Å². The van der Waals surface area contributed by atoms with E-state index < -0.39 is 5.83 Å². The molecule has 1 aromatic heterocycles. The van der Waals surface area contributed by atoms with Crippen molar-refractivity contribution in [3.05, 3.63) is 35.9 Å². The van der Waals surface area contributed by atoms with Crippen LogP contribution in [0, 0.1) is 11.3 Å². The van der Waals surface area contributed by atoms with Crippen molar-refractivity contribution in [3.8, 4) is 0 Å². The van der Waals surface area contributed by atoms with E-state index in [2.05, 4.69) is 15.6 Å². The normalized spacial score (nSPS) is 16.7. The molecule has 1 aromatic rings. The quantitative estimate of drug-likeness (QED) is 0.672. The monoisotopic (exact) mass is 290 g/mol. The van der Waals surface area contributed by atoms with Gasteiger partial charge in [-0.1, -0.05) is 25.3 Å². The number of hydrogen-bond acceptors (Lipinski definition) is 4. The molecular weight excluding hydrogens is 267 g/mol. The molecule has 0 aromatic carbocycles. The molecular formula is C16H23FN4. The molecule has 1 heterocycles. The van der Waals surface area contributed by atoms with E-state index >= 15 is 0 Å². The number of allylic oxidation sites excluding steroid dienone is 1. The fourth-order valence-corrected chi connectivity index (χ4v) is 2.61. The zero-order valence-electron chi connectivity index (χ0n) is 12.2. The summed E-state index contributed by atoms with van der Waals surface area (Å²) in [5.41, 5.74) is 1.12. The Bertz CT molecular complexity index is 464.